The summed E-state index contributed by atoms with van der Waals surface area (Å²) < 4.78 is 10.5. The molecule has 0 aliphatic carbocycles. The maximum atomic E-state index is 12.7. The first-order valence-electron chi connectivity index (χ1n) is 9.69. The molecule has 3 rings (SSSR count). The molecule has 0 saturated carbocycles. The van der Waals surface area contributed by atoms with Crippen LogP contribution in [0.25, 0.3) is 6.08 Å². The maximum absolute atomic E-state index is 12.7. The van der Waals surface area contributed by atoms with Gasteiger partial charge in [-0.3, -0.25) is 9.69 Å². The van der Waals surface area contributed by atoms with E-state index in [0.717, 1.165) is 24.2 Å². The lowest BCUT2D eigenvalue weighted by Gasteiger charge is -2.07. The summed E-state index contributed by atoms with van der Waals surface area (Å²) in [4.78, 5) is 31.0. The number of likely N-dealkylation sites (N-methyl/N-ethyl adjacent to an activating group) is 1. The van der Waals surface area contributed by atoms with Gasteiger partial charge in [-0.05, 0) is 60.2 Å². The van der Waals surface area contributed by atoms with Crippen LogP contribution in [0, 0.1) is 0 Å². The Balaban J connectivity index is 1.80. The number of esters is 1. The third-order valence-electron chi connectivity index (χ3n) is 4.42. The monoisotopic (exact) mass is 424 g/mol. The van der Waals surface area contributed by atoms with Gasteiger partial charge in [0.1, 0.15) is 5.75 Å². The first-order chi connectivity index (χ1) is 14.5. The molecule has 1 heterocycles. The highest BCUT2D eigenvalue weighted by atomic mass is 32.2. The van der Waals surface area contributed by atoms with Crippen molar-refractivity contribution in [2.45, 2.75) is 19.8 Å². The van der Waals surface area contributed by atoms with E-state index in [1.54, 1.807) is 31.3 Å². The number of amidine groups is 1. The van der Waals surface area contributed by atoms with Gasteiger partial charge in [0.15, 0.2) is 5.17 Å². The van der Waals surface area contributed by atoms with Gasteiger partial charge in [0.25, 0.3) is 5.91 Å². The largest absolute Gasteiger partial charge is 0.494 e. The summed E-state index contributed by atoms with van der Waals surface area (Å²) in [6, 6.07) is 14.5. The van der Waals surface area contributed by atoms with Crippen molar-refractivity contribution in [3.05, 3.63) is 64.6 Å². The molecule has 2 aromatic carbocycles. The standard InChI is InChI=1S/C23H24N2O4S/c1-4-5-12-29-19-11-6-8-16(13-19)14-20-21(26)25(2)23(30-20)24-18-10-7-9-17(15-18)22(27)28-3/h6-11,13-15H,4-5,12H2,1-3H3. The molecule has 0 spiro atoms. The lowest BCUT2D eigenvalue weighted by atomic mass is 10.2. The number of rotatable bonds is 7. The summed E-state index contributed by atoms with van der Waals surface area (Å²) in [5.74, 6) is 0.234. The third kappa shape index (κ3) is 5.30. The highest BCUT2D eigenvalue weighted by Gasteiger charge is 2.30. The van der Waals surface area contributed by atoms with Crippen LogP contribution >= 0.6 is 11.8 Å². The molecule has 0 radical (unpaired) electrons. The number of benzene rings is 2. The lowest BCUT2D eigenvalue weighted by molar-refractivity contribution is -0.121. The fourth-order valence-corrected chi connectivity index (χ4v) is 3.75. The Morgan fingerprint density at radius 2 is 2.00 bits per heavy atom. The number of ether oxygens (including phenoxy) is 2. The van der Waals surface area contributed by atoms with Gasteiger partial charge in [-0.15, -0.1) is 0 Å². The first-order valence-corrected chi connectivity index (χ1v) is 10.5. The van der Waals surface area contributed by atoms with E-state index < -0.39 is 5.97 Å². The van der Waals surface area contributed by atoms with Crippen molar-refractivity contribution >= 4 is 40.6 Å². The average molecular weight is 425 g/mol. The molecule has 0 unspecified atom stereocenters. The summed E-state index contributed by atoms with van der Waals surface area (Å²) in [5, 5.41) is 0.545. The molecule has 0 aromatic heterocycles. The minimum absolute atomic E-state index is 0.125. The van der Waals surface area contributed by atoms with Crippen LogP contribution in [0.4, 0.5) is 5.69 Å². The van der Waals surface area contributed by atoms with E-state index in [2.05, 4.69) is 11.9 Å². The molecule has 1 saturated heterocycles. The van der Waals surface area contributed by atoms with Crippen molar-refractivity contribution < 1.29 is 19.1 Å². The summed E-state index contributed by atoms with van der Waals surface area (Å²) >= 11 is 1.29. The van der Waals surface area contributed by atoms with Gasteiger partial charge in [0, 0.05) is 7.05 Å². The zero-order valence-corrected chi connectivity index (χ0v) is 18.1. The average Bonchev–Trinajstić information content (AvgIpc) is 3.01. The van der Waals surface area contributed by atoms with Crippen molar-refractivity contribution in [2.75, 3.05) is 20.8 Å². The van der Waals surface area contributed by atoms with Crippen molar-refractivity contribution in [3.63, 3.8) is 0 Å². The maximum Gasteiger partial charge on any atom is 0.337 e. The Hall–Kier alpha value is -3.06. The van der Waals surface area contributed by atoms with E-state index in [4.69, 9.17) is 9.47 Å². The minimum atomic E-state index is -0.429. The summed E-state index contributed by atoms with van der Waals surface area (Å²) in [7, 11) is 3.02. The molecule has 7 heteroatoms. The zero-order valence-electron chi connectivity index (χ0n) is 17.3. The fraction of sp³-hybridized carbons (Fsp3) is 0.261. The van der Waals surface area contributed by atoms with Gasteiger partial charge in [0.05, 0.1) is 29.9 Å². The Kier molecular flexibility index (Phi) is 7.30. The summed E-state index contributed by atoms with van der Waals surface area (Å²) in [5.41, 5.74) is 1.88. The highest BCUT2D eigenvalue weighted by molar-refractivity contribution is 8.18. The van der Waals surface area contributed by atoms with Crippen molar-refractivity contribution in [2.24, 2.45) is 4.99 Å². The van der Waals surface area contributed by atoms with E-state index in [9.17, 15) is 9.59 Å². The fourth-order valence-electron chi connectivity index (χ4n) is 2.76. The molecule has 1 aliphatic rings. The first kappa shape index (κ1) is 21.6. The molecule has 1 amide bonds. The number of thioether (sulfide) groups is 1. The Bertz CT molecular complexity index is 1000. The lowest BCUT2D eigenvalue weighted by Crippen LogP contribution is -2.23. The van der Waals surface area contributed by atoms with Crippen LogP contribution in [0.3, 0.4) is 0 Å². The topological polar surface area (TPSA) is 68.2 Å². The number of methoxy groups -OCH3 is 1. The Morgan fingerprint density at radius 1 is 1.20 bits per heavy atom. The van der Waals surface area contributed by atoms with Crippen LogP contribution in [0.2, 0.25) is 0 Å². The number of hydrogen-bond acceptors (Lipinski definition) is 6. The molecule has 156 valence electrons. The van der Waals surface area contributed by atoms with Gasteiger partial charge in [0.2, 0.25) is 0 Å². The predicted molar refractivity (Wildman–Crippen MR) is 120 cm³/mol. The SMILES string of the molecule is CCCCOc1cccc(C=C2SC(=Nc3cccc(C(=O)OC)c3)N(C)C2=O)c1. The molecule has 30 heavy (non-hydrogen) atoms. The highest BCUT2D eigenvalue weighted by Crippen LogP contribution is 2.33. The second-order valence-corrected chi connectivity index (χ2v) is 7.69. The van der Waals surface area contributed by atoms with E-state index >= 15 is 0 Å². The van der Waals surface area contributed by atoms with Crippen LogP contribution in [-0.2, 0) is 9.53 Å². The van der Waals surface area contributed by atoms with E-state index in [-0.39, 0.29) is 5.91 Å². The quantitative estimate of drug-likeness (QED) is 0.360. The third-order valence-corrected chi connectivity index (χ3v) is 5.48. The Morgan fingerprint density at radius 3 is 2.77 bits per heavy atom. The van der Waals surface area contributed by atoms with Gasteiger partial charge >= 0.3 is 5.97 Å². The van der Waals surface area contributed by atoms with Crippen LogP contribution in [-0.4, -0.2) is 42.7 Å². The van der Waals surface area contributed by atoms with E-state index in [1.165, 1.54) is 23.8 Å². The van der Waals surface area contributed by atoms with Crippen molar-refractivity contribution in [1.29, 1.82) is 0 Å². The number of unbranched alkanes of at least 4 members (excludes halogenated alkanes) is 1. The minimum Gasteiger partial charge on any atom is -0.494 e. The number of nitrogens with zero attached hydrogens (tertiary/aromatic N) is 2. The normalized spacial score (nSPS) is 16.4. The predicted octanol–water partition coefficient (Wildman–Crippen LogP) is 4.89. The van der Waals surface area contributed by atoms with Gasteiger partial charge in [-0.2, -0.15) is 0 Å². The van der Waals surface area contributed by atoms with Crippen LogP contribution in [0.15, 0.2) is 58.4 Å². The molecule has 0 atom stereocenters. The second-order valence-electron chi connectivity index (χ2n) is 6.69. The number of carbonyl (C=O) groups is 2. The van der Waals surface area contributed by atoms with Gasteiger partial charge < -0.3 is 9.47 Å². The summed E-state index contributed by atoms with van der Waals surface area (Å²) in [6.45, 7) is 2.79. The number of aliphatic imine (C=N–C) groups is 1. The van der Waals surface area contributed by atoms with Crippen LogP contribution in [0.5, 0.6) is 5.75 Å². The molecule has 6 nitrogen and oxygen atoms in total. The van der Waals surface area contributed by atoms with Crippen LogP contribution < -0.4 is 4.74 Å². The molecule has 0 bridgehead atoms. The Labute approximate surface area is 180 Å². The smallest absolute Gasteiger partial charge is 0.337 e. The molecule has 1 fully saturated rings. The van der Waals surface area contributed by atoms with Crippen LogP contribution in [0.1, 0.15) is 35.7 Å². The van der Waals surface area contributed by atoms with E-state index in [1.807, 2.05) is 30.3 Å². The number of amides is 1. The molecular weight excluding hydrogens is 400 g/mol. The van der Waals surface area contributed by atoms with Crippen molar-refractivity contribution in [3.8, 4) is 5.75 Å². The van der Waals surface area contributed by atoms with Gasteiger partial charge in [-0.25, -0.2) is 9.79 Å². The summed E-state index contributed by atoms with van der Waals surface area (Å²) in [6.07, 6.45) is 3.91. The van der Waals surface area contributed by atoms with Crippen molar-refractivity contribution in [1.82, 2.24) is 4.90 Å². The molecule has 2 aromatic rings. The molecular formula is C23H24N2O4S. The molecule has 1 aliphatic heterocycles. The van der Waals surface area contributed by atoms with E-state index in [0.29, 0.717) is 27.9 Å². The second kappa shape index (κ2) is 10.1. The number of carbonyl (C=O) groups excluding carboxylic acids is 2. The zero-order chi connectivity index (χ0) is 21.5. The van der Waals surface area contributed by atoms with Gasteiger partial charge in [-0.1, -0.05) is 31.5 Å². The number of hydrogen-bond donors (Lipinski definition) is 0. The molecule has 0 N–H and O–H groups in total.